The van der Waals surface area contributed by atoms with Crippen molar-refractivity contribution >= 4 is 50.0 Å². The van der Waals surface area contributed by atoms with Gasteiger partial charge in [-0.05, 0) is 55.1 Å². The standard InChI is InChI=1S/C21H32BrNO2S2/c1-4-5-6-7-8-19(27-21(26)25-15-16(2)3)13-14-20(23-24)17-9-11-18(22)12-10-17/h9-12,16,19,24H,4-8,13-15H2,1-3H3/b23-20-. The predicted octanol–water partition coefficient (Wildman–Crippen LogP) is 7.44. The summed E-state index contributed by atoms with van der Waals surface area (Å²) < 4.78 is 7.35. The van der Waals surface area contributed by atoms with Crippen molar-refractivity contribution in [1.29, 1.82) is 0 Å². The third kappa shape index (κ3) is 11.1. The number of hydrogen-bond acceptors (Lipinski definition) is 5. The largest absolute Gasteiger partial charge is 0.478 e. The molecular weight excluding hydrogens is 442 g/mol. The van der Waals surface area contributed by atoms with Crippen molar-refractivity contribution < 1.29 is 9.94 Å². The van der Waals surface area contributed by atoms with E-state index in [2.05, 4.69) is 41.9 Å². The van der Waals surface area contributed by atoms with Crippen molar-refractivity contribution in [2.24, 2.45) is 11.1 Å². The number of hydrogen-bond donors (Lipinski definition) is 1. The van der Waals surface area contributed by atoms with Gasteiger partial charge in [-0.15, -0.1) is 0 Å². The van der Waals surface area contributed by atoms with Gasteiger partial charge in [0.2, 0.25) is 4.38 Å². The molecule has 27 heavy (non-hydrogen) atoms. The molecule has 0 aliphatic heterocycles. The molecule has 1 N–H and O–H groups in total. The van der Waals surface area contributed by atoms with E-state index in [9.17, 15) is 5.21 Å². The summed E-state index contributed by atoms with van der Waals surface area (Å²) in [6.45, 7) is 7.13. The summed E-state index contributed by atoms with van der Waals surface area (Å²) in [6, 6.07) is 7.87. The van der Waals surface area contributed by atoms with Crippen molar-refractivity contribution in [2.45, 2.75) is 71.0 Å². The van der Waals surface area contributed by atoms with Gasteiger partial charge in [0, 0.05) is 9.72 Å². The van der Waals surface area contributed by atoms with Gasteiger partial charge in [-0.25, -0.2) is 0 Å². The van der Waals surface area contributed by atoms with E-state index in [1.165, 1.54) is 25.7 Å². The molecule has 0 aliphatic rings. The molecule has 1 aromatic rings. The Bertz CT molecular complexity index is 576. The van der Waals surface area contributed by atoms with Crippen molar-refractivity contribution in [2.75, 3.05) is 6.61 Å². The second-order valence-corrected chi connectivity index (χ2v) is 9.95. The number of rotatable bonds is 12. The highest BCUT2D eigenvalue weighted by molar-refractivity contribution is 9.10. The average Bonchev–Trinajstić information content (AvgIpc) is 2.65. The lowest BCUT2D eigenvalue weighted by Crippen LogP contribution is -2.13. The van der Waals surface area contributed by atoms with Gasteiger partial charge in [0.25, 0.3) is 0 Å². The molecule has 6 heteroatoms. The first kappa shape index (κ1) is 24.4. The Hall–Kier alpha value is -0.590. The molecule has 1 unspecified atom stereocenters. The van der Waals surface area contributed by atoms with E-state index in [-0.39, 0.29) is 0 Å². The molecule has 0 bridgehead atoms. The molecule has 1 rings (SSSR count). The van der Waals surface area contributed by atoms with E-state index in [4.69, 9.17) is 17.0 Å². The van der Waals surface area contributed by atoms with Crippen molar-refractivity contribution in [3.05, 3.63) is 34.3 Å². The zero-order chi connectivity index (χ0) is 20.1. The molecular formula is C21H32BrNO2S2. The average molecular weight is 475 g/mol. The summed E-state index contributed by atoms with van der Waals surface area (Å²) in [5.74, 6) is 0.470. The lowest BCUT2D eigenvalue weighted by Gasteiger charge is -2.18. The fraction of sp³-hybridized carbons (Fsp3) is 0.619. The molecule has 0 saturated carbocycles. The van der Waals surface area contributed by atoms with Gasteiger partial charge >= 0.3 is 0 Å². The summed E-state index contributed by atoms with van der Waals surface area (Å²) in [7, 11) is 0. The van der Waals surface area contributed by atoms with Crippen LogP contribution < -0.4 is 0 Å². The van der Waals surface area contributed by atoms with E-state index in [0.29, 0.717) is 22.2 Å². The van der Waals surface area contributed by atoms with E-state index in [1.54, 1.807) is 11.8 Å². The number of thiocarbonyl (C=S) groups is 1. The lowest BCUT2D eigenvalue weighted by molar-refractivity contribution is 0.272. The third-order valence-electron chi connectivity index (χ3n) is 4.18. The molecule has 0 fully saturated rings. The second-order valence-electron chi connectivity index (χ2n) is 7.14. The van der Waals surface area contributed by atoms with Crippen LogP contribution in [0.1, 0.15) is 71.3 Å². The maximum atomic E-state index is 9.45. The third-order valence-corrected chi connectivity index (χ3v) is 6.23. The van der Waals surface area contributed by atoms with Gasteiger partial charge < -0.3 is 9.94 Å². The smallest absolute Gasteiger partial charge is 0.220 e. The Kier molecular flexibility index (Phi) is 13.1. The predicted molar refractivity (Wildman–Crippen MR) is 125 cm³/mol. The van der Waals surface area contributed by atoms with Gasteiger partial charge in [-0.3, -0.25) is 0 Å². The number of halogens is 1. The Morgan fingerprint density at radius 1 is 1.19 bits per heavy atom. The molecule has 1 atom stereocenters. The van der Waals surface area contributed by atoms with Crippen molar-refractivity contribution in [3.8, 4) is 0 Å². The fourth-order valence-electron chi connectivity index (χ4n) is 2.66. The Balaban J connectivity index is 2.62. The van der Waals surface area contributed by atoms with Crippen LogP contribution >= 0.6 is 39.9 Å². The van der Waals surface area contributed by atoms with Gasteiger partial charge in [-0.1, -0.05) is 91.4 Å². The summed E-state index contributed by atoms with van der Waals surface area (Å²) >= 11 is 10.5. The lowest BCUT2D eigenvalue weighted by atomic mass is 10.0. The maximum Gasteiger partial charge on any atom is 0.220 e. The Morgan fingerprint density at radius 3 is 2.48 bits per heavy atom. The van der Waals surface area contributed by atoms with E-state index >= 15 is 0 Å². The summed E-state index contributed by atoms with van der Waals surface area (Å²) in [5, 5.41) is 13.4. The first-order valence-electron chi connectivity index (χ1n) is 9.76. The van der Waals surface area contributed by atoms with Gasteiger partial charge in [-0.2, -0.15) is 0 Å². The molecule has 3 nitrogen and oxygen atoms in total. The minimum atomic E-state index is 0.383. The Labute approximate surface area is 182 Å². The first-order chi connectivity index (χ1) is 13.0. The van der Waals surface area contributed by atoms with E-state index < -0.39 is 0 Å². The molecule has 0 spiro atoms. The van der Waals surface area contributed by atoms with Crippen LogP contribution in [0.3, 0.4) is 0 Å². The summed E-state index contributed by atoms with van der Waals surface area (Å²) in [6.07, 6.45) is 7.69. The monoisotopic (exact) mass is 473 g/mol. The summed E-state index contributed by atoms with van der Waals surface area (Å²) in [5.41, 5.74) is 1.67. The van der Waals surface area contributed by atoms with Crippen LogP contribution in [-0.4, -0.2) is 27.2 Å². The number of benzene rings is 1. The van der Waals surface area contributed by atoms with Gasteiger partial charge in [0.1, 0.15) is 0 Å². The molecule has 0 heterocycles. The number of ether oxygens (including phenoxy) is 1. The molecule has 0 amide bonds. The molecule has 0 aliphatic carbocycles. The van der Waals surface area contributed by atoms with Crippen LogP contribution in [0.2, 0.25) is 0 Å². The van der Waals surface area contributed by atoms with Crippen LogP contribution in [0, 0.1) is 5.92 Å². The SMILES string of the molecule is CCCCCCC(CC/C(=N/O)c1ccc(Br)cc1)SC(=S)OCC(C)C. The molecule has 0 radical (unpaired) electrons. The highest BCUT2D eigenvalue weighted by Gasteiger charge is 2.16. The van der Waals surface area contributed by atoms with Crippen LogP contribution in [0.4, 0.5) is 0 Å². The van der Waals surface area contributed by atoms with E-state index in [0.717, 1.165) is 35.0 Å². The minimum Gasteiger partial charge on any atom is -0.478 e. The highest BCUT2D eigenvalue weighted by Crippen LogP contribution is 2.26. The molecule has 152 valence electrons. The van der Waals surface area contributed by atoms with Gasteiger partial charge in [0.15, 0.2) is 0 Å². The molecule has 1 aromatic carbocycles. The van der Waals surface area contributed by atoms with Crippen LogP contribution in [0.25, 0.3) is 0 Å². The molecule has 0 saturated heterocycles. The van der Waals surface area contributed by atoms with Crippen molar-refractivity contribution in [3.63, 3.8) is 0 Å². The maximum absolute atomic E-state index is 9.45. The van der Waals surface area contributed by atoms with Crippen LogP contribution in [-0.2, 0) is 4.74 Å². The quantitative estimate of drug-likeness (QED) is 0.112. The minimum absolute atomic E-state index is 0.383. The number of thioether (sulfide) groups is 1. The zero-order valence-electron chi connectivity index (χ0n) is 16.6. The van der Waals surface area contributed by atoms with Crippen LogP contribution in [0.15, 0.2) is 33.9 Å². The van der Waals surface area contributed by atoms with Crippen LogP contribution in [0.5, 0.6) is 0 Å². The normalized spacial score (nSPS) is 13.0. The second kappa shape index (κ2) is 14.4. The zero-order valence-corrected chi connectivity index (χ0v) is 19.8. The molecule has 0 aromatic heterocycles. The van der Waals surface area contributed by atoms with Crippen molar-refractivity contribution in [1.82, 2.24) is 0 Å². The fourth-order valence-corrected chi connectivity index (χ4v) is 4.33. The topological polar surface area (TPSA) is 41.8 Å². The first-order valence-corrected chi connectivity index (χ1v) is 11.8. The highest BCUT2D eigenvalue weighted by atomic mass is 79.9. The van der Waals surface area contributed by atoms with E-state index in [1.807, 2.05) is 24.3 Å². The number of nitrogens with zero attached hydrogens (tertiary/aromatic N) is 1. The Morgan fingerprint density at radius 2 is 1.89 bits per heavy atom. The van der Waals surface area contributed by atoms with Gasteiger partial charge in [0.05, 0.1) is 12.3 Å². The number of oxime groups is 1. The number of unbranched alkanes of at least 4 members (excludes halogenated alkanes) is 3. The summed E-state index contributed by atoms with van der Waals surface area (Å²) in [4.78, 5) is 0.